The summed E-state index contributed by atoms with van der Waals surface area (Å²) in [4.78, 5) is 26.4. The van der Waals surface area contributed by atoms with E-state index in [1.54, 1.807) is 30.3 Å². The van der Waals surface area contributed by atoms with Gasteiger partial charge in [-0.3, -0.25) is 19.8 Å². The molecule has 25 heavy (non-hydrogen) atoms. The van der Waals surface area contributed by atoms with Crippen molar-refractivity contribution in [1.29, 1.82) is 0 Å². The molecular formula is C18H12Cl2N2O2S. The summed E-state index contributed by atoms with van der Waals surface area (Å²) in [6.07, 6.45) is 1.46. The van der Waals surface area contributed by atoms with Crippen molar-refractivity contribution in [2.24, 2.45) is 0 Å². The maximum atomic E-state index is 12.8. The summed E-state index contributed by atoms with van der Waals surface area (Å²) in [5.74, 6) is -1.05. The van der Waals surface area contributed by atoms with Crippen molar-refractivity contribution in [3.8, 4) is 0 Å². The van der Waals surface area contributed by atoms with Gasteiger partial charge in [0.05, 0.1) is 15.7 Å². The number of hydrogen-bond donors (Lipinski definition) is 1. The van der Waals surface area contributed by atoms with Gasteiger partial charge in [-0.05, 0) is 55.0 Å². The minimum absolute atomic E-state index is 0.0347. The van der Waals surface area contributed by atoms with Crippen molar-refractivity contribution in [2.75, 3.05) is 4.90 Å². The van der Waals surface area contributed by atoms with Crippen LogP contribution in [0.15, 0.2) is 48.0 Å². The second kappa shape index (κ2) is 6.96. The molecule has 1 fully saturated rings. The van der Waals surface area contributed by atoms with Crippen LogP contribution >= 0.6 is 35.4 Å². The van der Waals surface area contributed by atoms with E-state index in [2.05, 4.69) is 5.32 Å². The Labute approximate surface area is 160 Å². The Morgan fingerprint density at radius 1 is 1.04 bits per heavy atom. The van der Waals surface area contributed by atoms with E-state index in [1.165, 1.54) is 11.0 Å². The minimum atomic E-state index is -0.551. The van der Waals surface area contributed by atoms with Crippen molar-refractivity contribution in [2.45, 2.75) is 6.92 Å². The van der Waals surface area contributed by atoms with Gasteiger partial charge in [-0.15, -0.1) is 0 Å². The lowest BCUT2D eigenvalue weighted by Gasteiger charge is -2.29. The van der Waals surface area contributed by atoms with Crippen LogP contribution in [0.4, 0.5) is 5.69 Å². The number of amides is 2. The van der Waals surface area contributed by atoms with E-state index in [1.807, 2.05) is 19.1 Å². The number of thiocarbonyl (C=S) groups is 1. The van der Waals surface area contributed by atoms with Crippen LogP contribution < -0.4 is 10.2 Å². The summed E-state index contributed by atoms with van der Waals surface area (Å²) < 4.78 is 0. The molecule has 0 spiro atoms. The second-order valence-corrected chi connectivity index (χ2v) is 6.67. The zero-order valence-corrected chi connectivity index (χ0v) is 15.4. The summed E-state index contributed by atoms with van der Waals surface area (Å²) in [6.45, 7) is 1.94. The van der Waals surface area contributed by atoms with E-state index < -0.39 is 11.8 Å². The van der Waals surface area contributed by atoms with Crippen molar-refractivity contribution in [3.63, 3.8) is 0 Å². The zero-order valence-electron chi connectivity index (χ0n) is 13.0. The molecule has 0 saturated carbocycles. The van der Waals surface area contributed by atoms with Crippen LogP contribution in [0.25, 0.3) is 6.08 Å². The lowest BCUT2D eigenvalue weighted by molar-refractivity contribution is -0.122. The predicted molar refractivity (Wildman–Crippen MR) is 104 cm³/mol. The fourth-order valence-electron chi connectivity index (χ4n) is 2.35. The average molecular weight is 391 g/mol. The molecule has 2 aromatic carbocycles. The Morgan fingerprint density at radius 2 is 1.72 bits per heavy atom. The van der Waals surface area contributed by atoms with Crippen LogP contribution in [0.2, 0.25) is 10.0 Å². The number of hydrogen-bond acceptors (Lipinski definition) is 3. The number of nitrogens with zero attached hydrogens (tertiary/aromatic N) is 1. The highest BCUT2D eigenvalue weighted by atomic mass is 35.5. The van der Waals surface area contributed by atoms with E-state index >= 15 is 0 Å². The van der Waals surface area contributed by atoms with E-state index in [0.29, 0.717) is 21.3 Å². The molecule has 0 bridgehead atoms. The molecule has 4 nitrogen and oxygen atoms in total. The standard InChI is InChI=1S/C18H12Cl2N2O2S/c1-10-2-5-12(6-3-10)22-17(24)13(16(23)21-18(22)25)8-11-4-7-14(19)15(20)9-11/h2-9H,1H3,(H,21,23,25)/b13-8+. The van der Waals surface area contributed by atoms with Crippen LogP contribution in [0, 0.1) is 6.92 Å². The Morgan fingerprint density at radius 3 is 2.36 bits per heavy atom. The first-order chi connectivity index (χ1) is 11.9. The highest BCUT2D eigenvalue weighted by Gasteiger charge is 2.34. The molecule has 2 aromatic rings. The number of carbonyl (C=O) groups is 2. The molecule has 2 amide bonds. The fourth-order valence-corrected chi connectivity index (χ4v) is 2.94. The highest BCUT2D eigenvalue weighted by Crippen LogP contribution is 2.26. The molecule has 1 saturated heterocycles. The Hall–Kier alpha value is -2.21. The van der Waals surface area contributed by atoms with Crippen LogP contribution in [0.3, 0.4) is 0 Å². The molecule has 0 aromatic heterocycles. The SMILES string of the molecule is Cc1ccc(N2C(=O)/C(=C/c3ccc(Cl)c(Cl)c3)C(=O)NC2=S)cc1. The Kier molecular flexibility index (Phi) is 4.90. The molecular weight excluding hydrogens is 379 g/mol. The average Bonchev–Trinajstić information content (AvgIpc) is 2.56. The quantitative estimate of drug-likeness (QED) is 0.476. The second-order valence-electron chi connectivity index (χ2n) is 5.47. The van der Waals surface area contributed by atoms with E-state index in [9.17, 15) is 9.59 Å². The van der Waals surface area contributed by atoms with Crippen molar-refractivity contribution in [1.82, 2.24) is 5.32 Å². The van der Waals surface area contributed by atoms with Crippen LogP contribution in [-0.4, -0.2) is 16.9 Å². The minimum Gasteiger partial charge on any atom is -0.298 e. The third-order valence-electron chi connectivity index (χ3n) is 3.65. The highest BCUT2D eigenvalue weighted by molar-refractivity contribution is 7.80. The molecule has 0 atom stereocenters. The van der Waals surface area contributed by atoms with Gasteiger partial charge in [0.2, 0.25) is 0 Å². The van der Waals surface area contributed by atoms with E-state index in [-0.39, 0.29) is 10.7 Å². The summed E-state index contributed by atoms with van der Waals surface area (Å²) in [5.41, 5.74) is 2.19. The molecule has 1 aliphatic heterocycles. The molecule has 1 N–H and O–H groups in total. The first-order valence-corrected chi connectivity index (χ1v) is 8.46. The fraction of sp³-hybridized carbons (Fsp3) is 0.0556. The summed E-state index contributed by atoms with van der Waals surface area (Å²) >= 11 is 17.0. The topological polar surface area (TPSA) is 49.4 Å². The van der Waals surface area contributed by atoms with Gasteiger partial charge in [0.15, 0.2) is 5.11 Å². The number of nitrogens with one attached hydrogen (secondary N) is 1. The first-order valence-electron chi connectivity index (χ1n) is 7.30. The molecule has 0 aliphatic carbocycles. The van der Waals surface area contributed by atoms with Gasteiger partial charge in [-0.25, -0.2) is 0 Å². The van der Waals surface area contributed by atoms with Gasteiger partial charge in [0.1, 0.15) is 5.57 Å². The summed E-state index contributed by atoms with van der Waals surface area (Å²) in [7, 11) is 0. The van der Waals surface area contributed by atoms with Crippen LogP contribution in [0.1, 0.15) is 11.1 Å². The van der Waals surface area contributed by atoms with Crippen molar-refractivity contribution >= 4 is 64.1 Å². The number of halogens is 2. The largest absolute Gasteiger partial charge is 0.298 e. The third kappa shape index (κ3) is 3.58. The molecule has 0 radical (unpaired) electrons. The summed E-state index contributed by atoms with van der Waals surface area (Å²) in [5, 5.41) is 3.32. The summed E-state index contributed by atoms with van der Waals surface area (Å²) in [6, 6.07) is 12.1. The van der Waals surface area contributed by atoms with Crippen LogP contribution in [0.5, 0.6) is 0 Å². The number of benzene rings is 2. The number of anilines is 1. The lowest BCUT2D eigenvalue weighted by atomic mass is 10.1. The lowest BCUT2D eigenvalue weighted by Crippen LogP contribution is -2.54. The number of aryl methyl sites for hydroxylation is 1. The van der Waals surface area contributed by atoms with Crippen molar-refractivity contribution < 1.29 is 9.59 Å². The predicted octanol–water partition coefficient (Wildman–Crippen LogP) is 4.13. The van der Waals surface area contributed by atoms with Gasteiger partial charge in [0.25, 0.3) is 11.8 Å². The maximum absolute atomic E-state index is 12.8. The molecule has 7 heteroatoms. The third-order valence-corrected chi connectivity index (χ3v) is 4.67. The Bertz CT molecular complexity index is 923. The monoisotopic (exact) mass is 390 g/mol. The van der Waals surface area contributed by atoms with Crippen molar-refractivity contribution in [3.05, 3.63) is 69.2 Å². The van der Waals surface area contributed by atoms with Gasteiger partial charge in [-0.1, -0.05) is 47.0 Å². The van der Waals surface area contributed by atoms with Gasteiger partial charge < -0.3 is 0 Å². The molecule has 1 heterocycles. The smallest absolute Gasteiger partial charge is 0.270 e. The normalized spacial score (nSPS) is 16.4. The van der Waals surface area contributed by atoms with Crippen LogP contribution in [-0.2, 0) is 9.59 Å². The first kappa shape index (κ1) is 17.6. The van der Waals surface area contributed by atoms with E-state index in [4.69, 9.17) is 35.4 Å². The Balaban J connectivity index is 2.01. The van der Waals surface area contributed by atoms with E-state index in [0.717, 1.165) is 5.56 Å². The molecule has 0 unspecified atom stereocenters. The number of rotatable bonds is 2. The van der Waals surface area contributed by atoms with Gasteiger partial charge >= 0.3 is 0 Å². The maximum Gasteiger partial charge on any atom is 0.270 e. The molecule has 1 aliphatic rings. The zero-order chi connectivity index (χ0) is 18.1. The van der Waals surface area contributed by atoms with Gasteiger partial charge in [-0.2, -0.15) is 0 Å². The van der Waals surface area contributed by atoms with Gasteiger partial charge in [0, 0.05) is 0 Å². The number of carbonyl (C=O) groups excluding carboxylic acids is 2. The molecule has 126 valence electrons. The molecule has 3 rings (SSSR count).